The monoisotopic (exact) mass is 258 g/mol. The average Bonchev–Trinajstić information content (AvgIpc) is 2.13. The van der Waals surface area contributed by atoms with Crippen LogP contribution in [0, 0.1) is 0 Å². The number of halogens is 4. The first kappa shape index (κ1) is 10.9. The number of hydrogen-bond donors (Lipinski definition) is 1. The lowest BCUT2D eigenvalue weighted by Gasteiger charge is -2.07. The molecule has 0 unspecified atom stereocenters. The Balaban J connectivity index is 3.66. The van der Waals surface area contributed by atoms with Crippen molar-refractivity contribution in [1.29, 1.82) is 0 Å². The summed E-state index contributed by atoms with van der Waals surface area (Å²) in [5, 5.41) is 8.66. The lowest BCUT2D eigenvalue weighted by atomic mass is 10.2. The van der Waals surface area contributed by atoms with E-state index in [1.165, 1.54) is 0 Å². The molecule has 0 spiro atoms. The zero-order valence-corrected chi connectivity index (χ0v) is 8.97. The molecule has 0 aliphatic rings. The molecule has 70 valence electrons. The van der Waals surface area contributed by atoms with E-state index in [0.717, 1.165) is 0 Å². The van der Waals surface area contributed by atoms with E-state index < -0.39 is 5.75 Å². The number of hydrogen-bond acceptors (Lipinski definition) is 2. The molecule has 13 heavy (non-hydrogen) atoms. The zero-order chi connectivity index (χ0) is 10.2. The second kappa shape index (κ2) is 3.93. The van der Waals surface area contributed by atoms with Crippen molar-refractivity contribution < 1.29 is 9.90 Å². The molecule has 0 radical (unpaired) electrons. The minimum atomic E-state index is -0.427. The standard InChI is InChI=1S/C7H2Cl4O2/c8-3-2(1-12)4(9)6(11)7(13)5(3)10/h1,13H. The van der Waals surface area contributed by atoms with E-state index in [-0.39, 0.29) is 25.7 Å². The summed E-state index contributed by atoms with van der Waals surface area (Å²) in [5.74, 6) is -0.427. The van der Waals surface area contributed by atoms with Crippen molar-refractivity contribution in [3.63, 3.8) is 0 Å². The summed E-state index contributed by atoms with van der Waals surface area (Å²) in [6, 6.07) is 0. The molecular weight excluding hydrogens is 258 g/mol. The van der Waals surface area contributed by atoms with Crippen LogP contribution in [0.15, 0.2) is 0 Å². The maximum absolute atomic E-state index is 10.5. The average molecular weight is 260 g/mol. The van der Waals surface area contributed by atoms with Gasteiger partial charge in [-0.25, -0.2) is 0 Å². The Morgan fingerprint density at radius 2 is 1.31 bits per heavy atom. The van der Waals surface area contributed by atoms with Crippen LogP contribution in [0.3, 0.4) is 0 Å². The van der Waals surface area contributed by atoms with Crippen LogP contribution >= 0.6 is 46.4 Å². The van der Waals surface area contributed by atoms with E-state index in [4.69, 9.17) is 46.4 Å². The van der Waals surface area contributed by atoms with Gasteiger partial charge in [0.2, 0.25) is 0 Å². The summed E-state index contributed by atoms with van der Waals surface area (Å²) in [4.78, 5) is 10.5. The van der Waals surface area contributed by atoms with Gasteiger partial charge in [-0.15, -0.1) is 0 Å². The molecule has 1 rings (SSSR count). The van der Waals surface area contributed by atoms with Gasteiger partial charge in [-0.05, 0) is 0 Å². The summed E-state index contributed by atoms with van der Waals surface area (Å²) in [5.41, 5.74) is -0.0314. The van der Waals surface area contributed by atoms with Gasteiger partial charge in [0, 0.05) is 0 Å². The van der Waals surface area contributed by atoms with Gasteiger partial charge in [-0.2, -0.15) is 0 Å². The van der Waals surface area contributed by atoms with E-state index in [2.05, 4.69) is 0 Å². The lowest BCUT2D eigenvalue weighted by Crippen LogP contribution is -1.87. The molecule has 1 aromatic rings. The Morgan fingerprint density at radius 1 is 0.923 bits per heavy atom. The molecule has 6 heteroatoms. The van der Waals surface area contributed by atoms with Crippen LogP contribution in [0.1, 0.15) is 10.4 Å². The SMILES string of the molecule is O=Cc1c(Cl)c(Cl)c(O)c(Cl)c1Cl. The highest BCUT2D eigenvalue weighted by molar-refractivity contribution is 6.50. The number of phenolic OH excluding ortho intramolecular Hbond substituents is 1. The van der Waals surface area contributed by atoms with Crippen molar-refractivity contribution in [3.05, 3.63) is 25.7 Å². The van der Waals surface area contributed by atoms with E-state index in [1.54, 1.807) is 0 Å². The molecule has 0 aromatic heterocycles. The molecule has 0 bridgehead atoms. The fourth-order valence-electron chi connectivity index (χ4n) is 0.741. The van der Waals surface area contributed by atoms with Crippen LogP contribution in [0.2, 0.25) is 20.1 Å². The largest absolute Gasteiger partial charge is 0.505 e. The van der Waals surface area contributed by atoms with E-state index in [9.17, 15) is 9.90 Å². The zero-order valence-electron chi connectivity index (χ0n) is 5.94. The molecule has 1 N–H and O–H groups in total. The molecule has 1 aromatic carbocycles. The summed E-state index contributed by atoms with van der Waals surface area (Å²) in [6.07, 6.45) is 0.419. The van der Waals surface area contributed by atoms with Crippen molar-refractivity contribution in [1.82, 2.24) is 0 Å². The Labute approximate surface area is 94.0 Å². The summed E-state index contributed by atoms with van der Waals surface area (Å²) < 4.78 is 0. The third-order valence-corrected chi connectivity index (χ3v) is 3.11. The molecule has 0 heterocycles. The second-order valence-corrected chi connectivity index (χ2v) is 3.65. The molecule has 0 amide bonds. The van der Waals surface area contributed by atoms with Crippen molar-refractivity contribution in [2.45, 2.75) is 0 Å². The maximum Gasteiger partial charge on any atom is 0.155 e. The van der Waals surface area contributed by atoms with Crippen LogP contribution in [-0.2, 0) is 0 Å². The van der Waals surface area contributed by atoms with Gasteiger partial charge in [0.05, 0.1) is 15.6 Å². The highest BCUT2D eigenvalue weighted by Gasteiger charge is 2.18. The minimum Gasteiger partial charge on any atom is -0.505 e. The number of rotatable bonds is 1. The number of aromatic hydroxyl groups is 1. The maximum atomic E-state index is 10.5. The fourth-order valence-corrected chi connectivity index (χ4v) is 1.69. The number of carbonyl (C=O) groups excluding carboxylic acids is 1. The Morgan fingerprint density at radius 3 is 1.62 bits per heavy atom. The van der Waals surface area contributed by atoms with Gasteiger partial charge in [-0.1, -0.05) is 46.4 Å². The molecular formula is C7H2Cl4O2. The van der Waals surface area contributed by atoms with Gasteiger partial charge in [-0.3, -0.25) is 4.79 Å². The minimum absolute atomic E-state index is 0.0314. The fraction of sp³-hybridized carbons (Fsp3) is 0. The van der Waals surface area contributed by atoms with Crippen LogP contribution in [0.5, 0.6) is 5.75 Å². The third-order valence-electron chi connectivity index (χ3n) is 1.39. The number of carbonyl (C=O) groups is 1. The third kappa shape index (κ3) is 1.72. The molecule has 0 saturated carbocycles. The van der Waals surface area contributed by atoms with Gasteiger partial charge < -0.3 is 5.11 Å². The van der Waals surface area contributed by atoms with Gasteiger partial charge in [0.1, 0.15) is 10.0 Å². The topological polar surface area (TPSA) is 37.3 Å². The van der Waals surface area contributed by atoms with Crippen molar-refractivity contribution in [2.75, 3.05) is 0 Å². The van der Waals surface area contributed by atoms with E-state index in [1.807, 2.05) is 0 Å². The summed E-state index contributed by atoms with van der Waals surface area (Å²) in [6.45, 7) is 0. The lowest BCUT2D eigenvalue weighted by molar-refractivity contribution is 0.112. The first-order valence-corrected chi connectivity index (χ1v) is 4.52. The molecule has 0 atom stereocenters. The van der Waals surface area contributed by atoms with E-state index >= 15 is 0 Å². The van der Waals surface area contributed by atoms with Gasteiger partial charge in [0.15, 0.2) is 12.0 Å². The smallest absolute Gasteiger partial charge is 0.155 e. The Kier molecular flexibility index (Phi) is 3.30. The van der Waals surface area contributed by atoms with Crippen molar-refractivity contribution in [2.24, 2.45) is 0 Å². The van der Waals surface area contributed by atoms with Crippen LogP contribution in [0.4, 0.5) is 0 Å². The summed E-state index contributed by atoms with van der Waals surface area (Å²) >= 11 is 22.3. The van der Waals surface area contributed by atoms with Gasteiger partial charge >= 0.3 is 0 Å². The first-order valence-electron chi connectivity index (χ1n) is 3.00. The van der Waals surface area contributed by atoms with Crippen LogP contribution in [-0.4, -0.2) is 11.4 Å². The predicted octanol–water partition coefficient (Wildman–Crippen LogP) is 3.82. The molecule has 2 nitrogen and oxygen atoms in total. The number of benzene rings is 1. The normalized spacial score (nSPS) is 10.2. The van der Waals surface area contributed by atoms with Crippen molar-refractivity contribution >= 4 is 52.7 Å². The second-order valence-electron chi connectivity index (χ2n) is 2.14. The van der Waals surface area contributed by atoms with Crippen LogP contribution < -0.4 is 0 Å². The summed E-state index contributed by atoms with van der Waals surface area (Å²) in [7, 11) is 0. The molecule has 0 fully saturated rings. The first-order chi connectivity index (χ1) is 6.00. The Hall–Kier alpha value is -0.150. The Bertz CT molecular complexity index is 346. The highest BCUT2D eigenvalue weighted by atomic mass is 35.5. The van der Waals surface area contributed by atoms with E-state index in [0.29, 0.717) is 6.29 Å². The predicted molar refractivity (Wildman–Crippen MR) is 53.5 cm³/mol. The molecule has 0 aliphatic carbocycles. The quantitative estimate of drug-likeness (QED) is 0.615. The molecule has 0 saturated heterocycles. The number of aldehydes is 1. The molecule has 0 aliphatic heterocycles. The number of phenols is 1. The van der Waals surface area contributed by atoms with Gasteiger partial charge in [0.25, 0.3) is 0 Å². The highest BCUT2D eigenvalue weighted by Crippen LogP contribution is 2.44. The van der Waals surface area contributed by atoms with Crippen LogP contribution in [0.25, 0.3) is 0 Å². The van der Waals surface area contributed by atoms with Crippen molar-refractivity contribution in [3.8, 4) is 5.75 Å².